The zero-order valence-electron chi connectivity index (χ0n) is 12.1. The Kier molecular flexibility index (Phi) is 4.53. The molecule has 1 aliphatic rings. The van der Waals surface area contributed by atoms with Gasteiger partial charge in [0.2, 0.25) is 0 Å². The highest BCUT2D eigenvalue weighted by atomic mass is 32.1. The third kappa shape index (κ3) is 2.96. The fourth-order valence-electron chi connectivity index (χ4n) is 3.04. The summed E-state index contributed by atoms with van der Waals surface area (Å²) >= 11 is 1.80. The summed E-state index contributed by atoms with van der Waals surface area (Å²) in [5, 5.41) is 7.05. The first-order valence-corrected chi connectivity index (χ1v) is 8.54. The van der Waals surface area contributed by atoms with E-state index in [2.05, 4.69) is 39.6 Å². The molecule has 0 aliphatic carbocycles. The Balaban J connectivity index is 1.71. The summed E-state index contributed by atoms with van der Waals surface area (Å²) < 4.78 is 1.35. The molecule has 1 unspecified atom stereocenters. The third-order valence-corrected chi connectivity index (χ3v) is 4.92. The summed E-state index contributed by atoms with van der Waals surface area (Å²) in [6, 6.07) is 4.33. The Morgan fingerprint density at radius 3 is 3.30 bits per heavy atom. The van der Waals surface area contributed by atoms with Gasteiger partial charge in [0.25, 0.3) is 0 Å². The second kappa shape index (κ2) is 6.55. The number of pyridine rings is 1. The number of rotatable bonds is 5. The number of piperidine rings is 1. The average Bonchev–Trinajstić information content (AvgIpc) is 2.96. The summed E-state index contributed by atoms with van der Waals surface area (Å²) in [5.41, 5.74) is 0. The molecule has 0 bridgehead atoms. The molecule has 3 heterocycles. The molecule has 0 amide bonds. The van der Waals surface area contributed by atoms with Crippen molar-refractivity contribution in [1.82, 2.24) is 10.3 Å². The first-order valence-electron chi connectivity index (χ1n) is 7.66. The molecule has 0 radical (unpaired) electrons. The minimum absolute atomic E-state index is 0.756. The normalized spacial score (nSPS) is 19.6. The fourth-order valence-corrected chi connectivity index (χ4v) is 3.82. The van der Waals surface area contributed by atoms with Crippen molar-refractivity contribution in [2.75, 3.05) is 31.1 Å². The lowest BCUT2D eigenvalue weighted by molar-refractivity contribution is 0.391. The number of nitrogens with zero attached hydrogens (tertiary/aromatic N) is 2. The van der Waals surface area contributed by atoms with Crippen molar-refractivity contribution < 1.29 is 0 Å². The zero-order valence-corrected chi connectivity index (χ0v) is 13.0. The lowest BCUT2D eigenvalue weighted by atomic mass is 9.97. The Hall–Kier alpha value is -1.13. The van der Waals surface area contributed by atoms with Gasteiger partial charge in [0, 0.05) is 29.4 Å². The van der Waals surface area contributed by atoms with Crippen LogP contribution in [0.25, 0.3) is 10.1 Å². The van der Waals surface area contributed by atoms with Crippen LogP contribution in [-0.4, -0.2) is 31.2 Å². The van der Waals surface area contributed by atoms with Crippen LogP contribution in [0.3, 0.4) is 0 Å². The van der Waals surface area contributed by atoms with Crippen molar-refractivity contribution in [3.8, 4) is 0 Å². The van der Waals surface area contributed by atoms with Gasteiger partial charge in [-0.05, 0) is 55.8 Å². The average molecular weight is 289 g/mol. The van der Waals surface area contributed by atoms with Crippen LogP contribution in [0.1, 0.15) is 26.2 Å². The maximum absolute atomic E-state index is 4.65. The molecule has 0 spiro atoms. The summed E-state index contributed by atoms with van der Waals surface area (Å²) in [4.78, 5) is 7.13. The minimum Gasteiger partial charge on any atom is -0.356 e. The molecule has 2 aromatic heterocycles. The second-order valence-corrected chi connectivity index (χ2v) is 6.57. The molecule has 0 aromatic carbocycles. The lowest BCUT2D eigenvalue weighted by Gasteiger charge is -2.34. The molecule has 1 N–H and O–H groups in total. The highest BCUT2D eigenvalue weighted by Crippen LogP contribution is 2.30. The van der Waals surface area contributed by atoms with Crippen LogP contribution in [0.2, 0.25) is 0 Å². The molecule has 1 aliphatic heterocycles. The molecule has 3 rings (SSSR count). The van der Waals surface area contributed by atoms with Crippen molar-refractivity contribution in [1.29, 1.82) is 0 Å². The Labute approximate surface area is 125 Å². The molecule has 2 aromatic rings. The van der Waals surface area contributed by atoms with Gasteiger partial charge in [-0.15, -0.1) is 11.3 Å². The van der Waals surface area contributed by atoms with Crippen molar-refractivity contribution in [2.24, 2.45) is 5.92 Å². The van der Waals surface area contributed by atoms with Crippen molar-refractivity contribution >= 4 is 27.2 Å². The molecule has 1 fully saturated rings. The van der Waals surface area contributed by atoms with Gasteiger partial charge in [0.1, 0.15) is 5.82 Å². The SMILES string of the molecule is CCCNCC1CCCN(c2nccc3sccc23)C1. The number of fused-ring (bicyclic) bond motifs is 1. The molecule has 0 saturated carbocycles. The first-order chi connectivity index (χ1) is 9.88. The molecule has 3 nitrogen and oxygen atoms in total. The van der Waals surface area contributed by atoms with Crippen LogP contribution < -0.4 is 10.2 Å². The zero-order chi connectivity index (χ0) is 13.8. The van der Waals surface area contributed by atoms with E-state index in [1.807, 2.05) is 6.20 Å². The van der Waals surface area contributed by atoms with Crippen LogP contribution in [0.5, 0.6) is 0 Å². The monoisotopic (exact) mass is 289 g/mol. The lowest BCUT2D eigenvalue weighted by Crippen LogP contribution is -2.40. The molecular formula is C16H23N3S. The molecule has 108 valence electrons. The standard InChI is InChI=1S/C16H23N3S/c1-2-7-17-11-13-4-3-9-19(12-13)16-14-6-10-20-15(14)5-8-18-16/h5-6,8,10,13,17H,2-4,7,9,11-12H2,1H3. The maximum atomic E-state index is 4.65. The largest absolute Gasteiger partial charge is 0.356 e. The fraction of sp³-hybridized carbons (Fsp3) is 0.562. The second-order valence-electron chi connectivity index (χ2n) is 5.63. The molecule has 4 heteroatoms. The van der Waals surface area contributed by atoms with Crippen molar-refractivity contribution in [2.45, 2.75) is 26.2 Å². The van der Waals surface area contributed by atoms with Gasteiger partial charge in [0.05, 0.1) is 0 Å². The van der Waals surface area contributed by atoms with Gasteiger partial charge in [-0.1, -0.05) is 6.92 Å². The van der Waals surface area contributed by atoms with Gasteiger partial charge in [-0.25, -0.2) is 4.98 Å². The topological polar surface area (TPSA) is 28.2 Å². The van der Waals surface area contributed by atoms with Gasteiger partial charge in [-0.2, -0.15) is 0 Å². The van der Waals surface area contributed by atoms with E-state index in [4.69, 9.17) is 0 Å². The summed E-state index contributed by atoms with van der Waals surface area (Å²) in [5.74, 6) is 1.94. The van der Waals surface area contributed by atoms with Crippen molar-refractivity contribution in [3.05, 3.63) is 23.7 Å². The van der Waals surface area contributed by atoms with E-state index in [-0.39, 0.29) is 0 Å². The Morgan fingerprint density at radius 1 is 1.45 bits per heavy atom. The van der Waals surface area contributed by atoms with E-state index in [0.717, 1.165) is 32.1 Å². The molecule has 1 atom stereocenters. The highest BCUT2D eigenvalue weighted by Gasteiger charge is 2.22. The third-order valence-electron chi connectivity index (χ3n) is 4.04. The Bertz CT molecular complexity index is 551. The van der Waals surface area contributed by atoms with E-state index in [1.165, 1.54) is 35.2 Å². The van der Waals surface area contributed by atoms with E-state index in [0.29, 0.717) is 0 Å². The van der Waals surface area contributed by atoms with E-state index in [9.17, 15) is 0 Å². The maximum Gasteiger partial charge on any atom is 0.137 e. The quantitative estimate of drug-likeness (QED) is 0.854. The number of hydrogen-bond acceptors (Lipinski definition) is 4. The van der Waals surface area contributed by atoms with Crippen LogP contribution >= 0.6 is 11.3 Å². The number of hydrogen-bond donors (Lipinski definition) is 1. The van der Waals surface area contributed by atoms with Crippen LogP contribution in [0.15, 0.2) is 23.7 Å². The predicted molar refractivity (Wildman–Crippen MR) is 87.7 cm³/mol. The molecule has 1 saturated heterocycles. The molecule has 20 heavy (non-hydrogen) atoms. The van der Waals surface area contributed by atoms with Gasteiger partial charge in [-0.3, -0.25) is 0 Å². The summed E-state index contributed by atoms with van der Waals surface area (Å²) in [6.45, 7) is 6.78. The first kappa shape index (κ1) is 13.8. The minimum atomic E-state index is 0.756. The number of nitrogens with one attached hydrogen (secondary N) is 1. The van der Waals surface area contributed by atoms with Crippen LogP contribution in [-0.2, 0) is 0 Å². The van der Waals surface area contributed by atoms with Gasteiger partial charge in [0.15, 0.2) is 0 Å². The highest BCUT2D eigenvalue weighted by molar-refractivity contribution is 7.17. The number of anilines is 1. The number of aromatic nitrogens is 1. The molecular weight excluding hydrogens is 266 g/mol. The van der Waals surface area contributed by atoms with Gasteiger partial charge >= 0.3 is 0 Å². The van der Waals surface area contributed by atoms with Crippen LogP contribution in [0, 0.1) is 5.92 Å². The van der Waals surface area contributed by atoms with Crippen molar-refractivity contribution in [3.63, 3.8) is 0 Å². The summed E-state index contributed by atoms with van der Waals surface area (Å²) in [6.07, 6.45) is 5.78. The van der Waals surface area contributed by atoms with E-state index < -0.39 is 0 Å². The van der Waals surface area contributed by atoms with E-state index in [1.54, 1.807) is 11.3 Å². The Morgan fingerprint density at radius 2 is 2.40 bits per heavy atom. The van der Waals surface area contributed by atoms with Gasteiger partial charge < -0.3 is 10.2 Å². The predicted octanol–water partition coefficient (Wildman–Crippen LogP) is 3.51. The smallest absolute Gasteiger partial charge is 0.137 e. The summed E-state index contributed by atoms with van der Waals surface area (Å²) in [7, 11) is 0. The van der Waals surface area contributed by atoms with E-state index >= 15 is 0 Å². The van der Waals surface area contributed by atoms with Crippen LogP contribution in [0.4, 0.5) is 5.82 Å². The number of thiophene rings is 1.